The molecule has 0 amide bonds. The summed E-state index contributed by atoms with van der Waals surface area (Å²) in [7, 11) is 0. The minimum atomic E-state index is 0.364. The molecule has 100 valence electrons. The Morgan fingerprint density at radius 3 is 3.10 bits per heavy atom. The van der Waals surface area contributed by atoms with Crippen LogP contribution in [0.15, 0.2) is 36.0 Å². The second-order valence-corrected chi connectivity index (χ2v) is 6.11. The van der Waals surface area contributed by atoms with Crippen molar-refractivity contribution in [1.29, 1.82) is 0 Å². The van der Waals surface area contributed by atoms with Gasteiger partial charge in [-0.15, -0.1) is 11.3 Å². The Labute approximate surface area is 121 Å². The summed E-state index contributed by atoms with van der Waals surface area (Å²) in [5, 5.41) is 6.94. The molecule has 0 saturated heterocycles. The van der Waals surface area contributed by atoms with Gasteiger partial charge in [-0.05, 0) is 41.8 Å². The Bertz CT molecular complexity index is 778. The van der Waals surface area contributed by atoms with E-state index in [2.05, 4.69) is 51.9 Å². The van der Waals surface area contributed by atoms with Gasteiger partial charge in [-0.3, -0.25) is 0 Å². The van der Waals surface area contributed by atoms with Gasteiger partial charge in [-0.25, -0.2) is 9.97 Å². The highest BCUT2D eigenvalue weighted by molar-refractivity contribution is 7.17. The Morgan fingerprint density at radius 1 is 1.25 bits per heavy atom. The first-order valence-electron chi connectivity index (χ1n) is 6.86. The van der Waals surface area contributed by atoms with Crippen molar-refractivity contribution in [2.24, 2.45) is 0 Å². The van der Waals surface area contributed by atoms with Gasteiger partial charge in [0.25, 0.3) is 0 Å². The molecule has 3 nitrogen and oxygen atoms in total. The predicted octanol–water partition coefficient (Wildman–Crippen LogP) is 4.10. The van der Waals surface area contributed by atoms with Crippen LogP contribution < -0.4 is 5.32 Å². The number of aryl methyl sites for hydroxylation is 2. The summed E-state index contributed by atoms with van der Waals surface area (Å²) < 4.78 is 0. The largest absolute Gasteiger partial charge is 0.363 e. The zero-order valence-electron chi connectivity index (χ0n) is 11.3. The summed E-state index contributed by atoms with van der Waals surface area (Å²) in [5.74, 6) is 0.968. The number of hydrogen-bond donors (Lipinski definition) is 1. The normalized spacial score (nSPS) is 17.4. The van der Waals surface area contributed by atoms with Crippen LogP contribution in [-0.2, 0) is 6.42 Å². The number of rotatable bonds is 2. The Balaban J connectivity index is 1.74. The van der Waals surface area contributed by atoms with Crippen LogP contribution >= 0.6 is 11.3 Å². The van der Waals surface area contributed by atoms with Crippen molar-refractivity contribution >= 4 is 27.4 Å². The van der Waals surface area contributed by atoms with Crippen LogP contribution in [-0.4, -0.2) is 9.97 Å². The lowest BCUT2D eigenvalue weighted by Crippen LogP contribution is -2.09. The van der Waals surface area contributed by atoms with Crippen molar-refractivity contribution in [2.45, 2.75) is 25.8 Å². The second-order valence-electron chi connectivity index (χ2n) is 5.26. The van der Waals surface area contributed by atoms with Crippen molar-refractivity contribution in [3.63, 3.8) is 0 Å². The standard InChI is InChI=1S/C16H15N3S/c1-10-8-20-16-14(10)15(17-9-18-16)19-13-7-6-11-4-2-3-5-12(11)13/h2-5,8-9,13H,6-7H2,1H3,(H,17,18,19). The molecule has 1 aliphatic rings. The lowest BCUT2D eigenvalue weighted by atomic mass is 10.1. The van der Waals surface area contributed by atoms with E-state index in [9.17, 15) is 0 Å². The van der Waals surface area contributed by atoms with Crippen molar-refractivity contribution in [1.82, 2.24) is 9.97 Å². The summed E-state index contributed by atoms with van der Waals surface area (Å²) in [4.78, 5) is 9.87. The monoisotopic (exact) mass is 281 g/mol. The zero-order chi connectivity index (χ0) is 13.5. The molecular formula is C16H15N3S. The minimum absolute atomic E-state index is 0.364. The Hall–Kier alpha value is -1.94. The Kier molecular flexibility index (Phi) is 2.70. The van der Waals surface area contributed by atoms with Gasteiger partial charge in [-0.2, -0.15) is 0 Å². The molecule has 4 heteroatoms. The van der Waals surface area contributed by atoms with E-state index in [1.165, 1.54) is 22.1 Å². The van der Waals surface area contributed by atoms with Gasteiger partial charge in [-0.1, -0.05) is 24.3 Å². The third kappa shape index (κ3) is 1.79. The van der Waals surface area contributed by atoms with Gasteiger partial charge in [0.2, 0.25) is 0 Å². The number of benzene rings is 1. The van der Waals surface area contributed by atoms with E-state index in [0.29, 0.717) is 6.04 Å². The topological polar surface area (TPSA) is 37.8 Å². The number of nitrogens with one attached hydrogen (secondary N) is 1. The molecule has 0 saturated carbocycles. The van der Waals surface area contributed by atoms with Gasteiger partial charge in [0.15, 0.2) is 0 Å². The number of fused-ring (bicyclic) bond motifs is 2. The summed E-state index contributed by atoms with van der Waals surface area (Å²) in [5.41, 5.74) is 4.11. The molecule has 0 bridgehead atoms. The lowest BCUT2D eigenvalue weighted by molar-refractivity contribution is 0.758. The molecule has 1 aromatic carbocycles. The fourth-order valence-corrected chi connectivity index (χ4v) is 3.89. The maximum atomic E-state index is 4.46. The van der Waals surface area contributed by atoms with E-state index >= 15 is 0 Å². The maximum absolute atomic E-state index is 4.46. The van der Waals surface area contributed by atoms with Crippen molar-refractivity contribution in [3.8, 4) is 0 Å². The van der Waals surface area contributed by atoms with Gasteiger partial charge >= 0.3 is 0 Å². The fourth-order valence-electron chi connectivity index (χ4n) is 3.00. The van der Waals surface area contributed by atoms with Crippen molar-refractivity contribution in [2.75, 3.05) is 5.32 Å². The zero-order valence-corrected chi connectivity index (χ0v) is 12.1. The third-order valence-corrected chi connectivity index (χ3v) is 5.00. The molecule has 1 unspecified atom stereocenters. The second kappa shape index (κ2) is 4.56. The van der Waals surface area contributed by atoms with Crippen LogP contribution in [0.2, 0.25) is 0 Å². The Morgan fingerprint density at radius 2 is 2.15 bits per heavy atom. The first kappa shape index (κ1) is 11.9. The van der Waals surface area contributed by atoms with Crippen LogP contribution in [0.3, 0.4) is 0 Å². The third-order valence-electron chi connectivity index (χ3n) is 4.00. The van der Waals surface area contributed by atoms with E-state index in [4.69, 9.17) is 0 Å². The highest BCUT2D eigenvalue weighted by atomic mass is 32.1. The number of aromatic nitrogens is 2. The van der Waals surface area contributed by atoms with E-state index in [-0.39, 0.29) is 0 Å². The van der Waals surface area contributed by atoms with Crippen LogP contribution in [0.4, 0.5) is 5.82 Å². The average molecular weight is 281 g/mol. The highest BCUT2D eigenvalue weighted by Crippen LogP contribution is 2.36. The highest BCUT2D eigenvalue weighted by Gasteiger charge is 2.23. The molecule has 4 rings (SSSR count). The SMILES string of the molecule is Cc1csc2ncnc(NC3CCc4ccccc43)c12. The van der Waals surface area contributed by atoms with Crippen LogP contribution in [0.1, 0.15) is 29.2 Å². The van der Waals surface area contributed by atoms with Crippen molar-refractivity contribution in [3.05, 3.63) is 52.7 Å². The molecule has 0 radical (unpaired) electrons. The number of thiophene rings is 1. The summed E-state index contributed by atoms with van der Waals surface area (Å²) in [6.45, 7) is 2.12. The molecule has 1 aliphatic carbocycles. The number of nitrogens with zero attached hydrogens (tertiary/aromatic N) is 2. The molecule has 0 aliphatic heterocycles. The molecule has 0 fully saturated rings. The predicted molar refractivity (Wildman–Crippen MR) is 83.3 cm³/mol. The minimum Gasteiger partial charge on any atom is -0.363 e. The average Bonchev–Trinajstić information content (AvgIpc) is 3.05. The molecule has 2 heterocycles. The molecule has 2 aromatic heterocycles. The van der Waals surface area contributed by atoms with E-state index < -0.39 is 0 Å². The molecule has 0 spiro atoms. The van der Waals surface area contributed by atoms with E-state index in [1.807, 2.05) is 0 Å². The maximum Gasteiger partial charge on any atom is 0.138 e. The van der Waals surface area contributed by atoms with Crippen molar-refractivity contribution < 1.29 is 0 Å². The lowest BCUT2D eigenvalue weighted by Gasteiger charge is -2.15. The molecular weight excluding hydrogens is 266 g/mol. The molecule has 20 heavy (non-hydrogen) atoms. The molecule has 3 aromatic rings. The van der Waals surface area contributed by atoms with E-state index in [1.54, 1.807) is 17.7 Å². The first-order valence-corrected chi connectivity index (χ1v) is 7.74. The molecule has 1 atom stereocenters. The van der Waals surface area contributed by atoms with Gasteiger partial charge in [0, 0.05) is 0 Å². The van der Waals surface area contributed by atoms with Gasteiger partial charge < -0.3 is 5.32 Å². The van der Waals surface area contributed by atoms with Crippen LogP contribution in [0.5, 0.6) is 0 Å². The van der Waals surface area contributed by atoms with Crippen LogP contribution in [0, 0.1) is 6.92 Å². The summed E-state index contributed by atoms with van der Waals surface area (Å²) in [6, 6.07) is 9.04. The van der Waals surface area contributed by atoms with Crippen LogP contribution in [0.25, 0.3) is 10.2 Å². The molecule has 1 N–H and O–H groups in total. The number of anilines is 1. The smallest absolute Gasteiger partial charge is 0.138 e. The summed E-state index contributed by atoms with van der Waals surface area (Å²) >= 11 is 1.68. The quantitative estimate of drug-likeness (QED) is 0.768. The number of hydrogen-bond acceptors (Lipinski definition) is 4. The van der Waals surface area contributed by atoms with Gasteiger partial charge in [0.1, 0.15) is 17.0 Å². The van der Waals surface area contributed by atoms with E-state index in [0.717, 1.165) is 23.5 Å². The first-order chi connectivity index (χ1) is 9.83. The fraction of sp³-hybridized carbons (Fsp3) is 0.250. The summed E-state index contributed by atoms with van der Waals surface area (Å²) in [6.07, 6.45) is 3.93. The van der Waals surface area contributed by atoms with Gasteiger partial charge in [0.05, 0.1) is 11.4 Å².